The third-order valence-electron chi connectivity index (χ3n) is 5.40. The van der Waals surface area contributed by atoms with Crippen molar-refractivity contribution in [2.75, 3.05) is 12.4 Å². The minimum atomic E-state index is -4.70. The summed E-state index contributed by atoms with van der Waals surface area (Å²) in [5.41, 5.74) is -0.0706. The molecule has 38 heavy (non-hydrogen) atoms. The molecule has 0 aromatic heterocycles. The molecule has 4 aromatic carbocycles. The van der Waals surface area contributed by atoms with Crippen LogP contribution in [0.1, 0.15) is 15.9 Å². The maximum atomic E-state index is 13.4. The summed E-state index contributed by atoms with van der Waals surface area (Å²) in [7, 11) is -3.23. The Bertz CT molecular complexity index is 1700. The van der Waals surface area contributed by atoms with Gasteiger partial charge in [0.25, 0.3) is 16.0 Å². The summed E-state index contributed by atoms with van der Waals surface area (Å²) in [6, 6.07) is 15.2. The van der Waals surface area contributed by atoms with Crippen molar-refractivity contribution in [3.8, 4) is 11.5 Å². The number of hydrogen-bond donors (Lipinski definition) is 2. The molecule has 0 saturated heterocycles. The van der Waals surface area contributed by atoms with Crippen molar-refractivity contribution < 1.29 is 57.2 Å². The molecule has 1 amide bonds. The first-order chi connectivity index (χ1) is 17.5. The van der Waals surface area contributed by atoms with Gasteiger partial charge in [-0.3, -0.25) is 9.35 Å². The van der Waals surface area contributed by atoms with Crippen LogP contribution in [0.3, 0.4) is 0 Å². The Hall–Kier alpha value is -2.70. The van der Waals surface area contributed by atoms with Gasteiger partial charge in [-0.1, -0.05) is 53.2 Å². The van der Waals surface area contributed by atoms with E-state index in [-0.39, 0.29) is 62.2 Å². The van der Waals surface area contributed by atoms with Gasteiger partial charge >= 0.3 is 29.6 Å². The average Bonchev–Trinajstić information content (AvgIpc) is 2.84. The van der Waals surface area contributed by atoms with Crippen molar-refractivity contribution in [1.29, 1.82) is 0 Å². The number of rotatable bonds is 6. The maximum absolute atomic E-state index is 13.4. The summed E-state index contributed by atoms with van der Waals surface area (Å²) < 4.78 is 38.5. The van der Waals surface area contributed by atoms with Crippen LogP contribution in [0.2, 0.25) is 10.0 Å². The number of halogens is 2. The molecular formula is C25H18Cl2N3NaO6S. The van der Waals surface area contributed by atoms with E-state index in [4.69, 9.17) is 27.9 Å². The topological polar surface area (TPSA) is 140 Å². The molecule has 0 spiro atoms. The first-order valence-electron chi connectivity index (χ1n) is 10.6. The zero-order valence-electron chi connectivity index (χ0n) is 20.3. The fourth-order valence-electron chi connectivity index (χ4n) is 3.62. The number of hydrogen-bond acceptors (Lipinski definition) is 7. The van der Waals surface area contributed by atoms with Crippen LogP contribution in [0.15, 0.2) is 75.8 Å². The molecule has 0 heterocycles. The van der Waals surface area contributed by atoms with Crippen LogP contribution in [0, 0.1) is 6.92 Å². The zero-order valence-corrected chi connectivity index (χ0v) is 24.6. The normalized spacial score (nSPS) is 11.4. The number of amides is 1. The molecule has 0 aliphatic carbocycles. The second kappa shape index (κ2) is 12.0. The van der Waals surface area contributed by atoms with Crippen LogP contribution in [0.4, 0.5) is 17.1 Å². The molecule has 0 atom stereocenters. The number of nitrogens with zero attached hydrogens (tertiary/aromatic N) is 2. The fourth-order valence-corrected chi connectivity index (χ4v) is 4.90. The molecule has 0 unspecified atom stereocenters. The molecule has 9 nitrogen and oxygen atoms in total. The number of ether oxygens (including phenoxy) is 1. The Morgan fingerprint density at radius 1 is 1.03 bits per heavy atom. The number of benzene rings is 4. The molecular weight excluding hydrogens is 564 g/mol. The van der Waals surface area contributed by atoms with Crippen LogP contribution in [-0.4, -0.2) is 26.0 Å². The Kier molecular flexibility index (Phi) is 9.43. The minimum absolute atomic E-state index is 0. The predicted octanol–water partition coefficient (Wildman–Crippen LogP) is 3.46. The van der Waals surface area contributed by atoms with Crippen LogP contribution < -0.4 is 44.7 Å². The second-order valence-corrected chi connectivity index (χ2v) is 10.1. The van der Waals surface area contributed by atoms with Crippen molar-refractivity contribution in [3.63, 3.8) is 0 Å². The Balaban J connectivity index is 0.00000400. The number of nitrogens with one attached hydrogen (secondary N) is 1. The van der Waals surface area contributed by atoms with Crippen LogP contribution in [0.5, 0.6) is 11.5 Å². The number of methoxy groups -OCH3 is 1. The summed E-state index contributed by atoms with van der Waals surface area (Å²) in [6.07, 6.45) is 0. The quantitative estimate of drug-likeness (QED) is 0.203. The van der Waals surface area contributed by atoms with Crippen molar-refractivity contribution in [2.24, 2.45) is 10.2 Å². The molecule has 2 N–H and O–H groups in total. The Labute approximate surface area is 250 Å². The second-order valence-electron chi connectivity index (χ2n) is 7.87. The van der Waals surface area contributed by atoms with Crippen molar-refractivity contribution in [1.82, 2.24) is 0 Å². The summed E-state index contributed by atoms with van der Waals surface area (Å²) in [4.78, 5) is 12.5. The van der Waals surface area contributed by atoms with Crippen LogP contribution in [-0.2, 0) is 10.1 Å². The van der Waals surface area contributed by atoms with E-state index in [0.717, 1.165) is 6.07 Å². The van der Waals surface area contributed by atoms with Crippen molar-refractivity contribution in [2.45, 2.75) is 11.8 Å². The average molecular weight is 582 g/mol. The smallest absolute Gasteiger partial charge is 0.870 e. The number of fused-ring (bicyclic) bond motifs is 1. The van der Waals surface area contributed by atoms with E-state index in [1.54, 1.807) is 30.3 Å². The largest absolute Gasteiger partial charge is 1.00 e. The minimum Gasteiger partial charge on any atom is -0.870 e. The first kappa shape index (κ1) is 29.9. The molecule has 0 fully saturated rings. The predicted molar refractivity (Wildman–Crippen MR) is 140 cm³/mol. The Morgan fingerprint density at radius 2 is 1.71 bits per heavy atom. The number of aryl methyl sites for hydroxylation is 1. The van der Waals surface area contributed by atoms with E-state index in [1.165, 1.54) is 38.3 Å². The van der Waals surface area contributed by atoms with Gasteiger partial charge in [-0.05, 0) is 48.2 Å². The van der Waals surface area contributed by atoms with Gasteiger partial charge in [0, 0.05) is 22.0 Å². The molecule has 0 saturated carbocycles. The number of carbonyl (C=O) groups is 1. The standard InChI is InChI=1S/C25H19Cl2N3O6S.Na/c1-13-9-15(26)11-21(37(33,34)35)22(13)29-30-23-17-6-4-3-5-14(17)10-18(24(23)31)25(32)28-20-8-7-16(36-2)12-19(20)27;/h3-12,31H,1-2H3,(H,28,32)(H,33,34,35);/q;+1/p-1. The van der Waals surface area contributed by atoms with Gasteiger partial charge in [0.1, 0.15) is 16.3 Å². The molecule has 190 valence electrons. The molecule has 0 bridgehead atoms. The molecule has 13 heteroatoms. The number of carbonyl (C=O) groups excluding carboxylic acids is 1. The summed E-state index contributed by atoms with van der Waals surface area (Å²) >= 11 is 12.2. The van der Waals surface area contributed by atoms with Crippen LogP contribution in [0.25, 0.3) is 10.8 Å². The van der Waals surface area contributed by atoms with Crippen molar-refractivity contribution in [3.05, 3.63) is 81.8 Å². The van der Waals surface area contributed by atoms with Gasteiger partial charge in [-0.15, -0.1) is 5.11 Å². The van der Waals surface area contributed by atoms with E-state index in [2.05, 4.69) is 15.5 Å². The van der Waals surface area contributed by atoms with Crippen molar-refractivity contribution >= 4 is 67.1 Å². The number of anilines is 1. The van der Waals surface area contributed by atoms with Gasteiger partial charge in [0.2, 0.25) is 0 Å². The van der Waals surface area contributed by atoms with E-state index in [0.29, 0.717) is 22.1 Å². The van der Waals surface area contributed by atoms with Gasteiger partial charge in [-0.2, -0.15) is 13.5 Å². The third-order valence-corrected chi connectivity index (χ3v) is 6.80. The monoisotopic (exact) mass is 581 g/mol. The summed E-state index contributed by atoms with van der Waals surface area (Å²) in [5, 5.41) is 25.2. The van der Waals surface area contributed by atoms with Gasteiger partial charge in [0.05, 0.1) is 23.5 Å². The first-order valence-corrected chi connectivity index (χ1v) is 12.8. The van der Waals surface area contributed by atoms with Crippen LogP contribution >= 0.6 is 23.2 Å². The molecule has 4 rings (SSSR count). The fraction of sp³-hybridized carbons (Fsp3) is 0.0800. The third kappa shape index (κ3) is 6.29. The van der Waals surface area contributed by atoms with Gasteiger partial charge in [-0.25, -0.2) is 0 Å². The van der Waals surface area contributed by atoms with Gasteiger partial charge < -0.3 is 15.2 Å². The molecule has 0 aliphatic heterocycles. The van der Waals surface area contributed by atoms with E-state index >= 15 is 0 Å². The van der Waals surface area contributed by atoms with E-state index < -0.39 is 26.7 Å². The SMILES string of the molecule is COc1ccc(NC(=O)c2cc3ccccc3c(N=Nc3c(C)cc(Cl)cc3S(=O)(=O)O)c2[O-])c(Cl)c1.[Na+]. The summed E-state index contributed by atoms with van der Waals surface area (Å²) in [5.74, 6) is -0.993. The molecule has 4 aromatic rings. The molecule has 0 aliphatic rings. The Morgan fingerprint density at radius 3 is 2.37 bits per heavy atom. The zero-order chi connectivity index (χ0) is 26.9. The summed E-state index contributed by atoms with van der Waals surface area (Å²) in [6.45, 7) is 1.52. The van der Waals surface area contributed by atoms with Gasteiger partial charge in [0.15, 0.2) is 0 Å². The maximum Gasteiger partial charge on any atom is 1.00 e. The molecule has 0 radical (unpaired) electrons. The number of azo groups is 1. The van der Waals surface area contributed by atoms with E-state index in [9.17, 15) is 22.9 Å². The van der Waals surface area contributed by atoms with E-state index in [1.807, 2.05) is 0 Å².